The molecule has 4 heteroatoms. The number of aliphatic carboxylic acids is 1. The first-order valence-electron chi connectivity index (χ1n) is 3.69. The molecule has 1 aliphatic rings. The first-order valence-corrected chi connectivity index (χ1v) is 4.68. The molecule has 0 bridgehead atoms. The van der Waals surface area contributed by atoms with E-state index in [-0.39, 0.29) is 6.61 Å². The zero-order valence-corrected chi connectivity index (χ0v) is 7.06. The van der Waals surface area contributed by atoms with Crippen LogP contribution >= 0.6 is 11.8 Å². The molecule has 3 nitrogen and oxygen atoms in total. The summed E-state index contributed by atoms with van der Waals surface area (Å²) in [5, 5.41) is 17.5. The lowest BCUT2D eigenvalue weighted by Gasteiger charge is -2.20. The minimum Gasteiger partial charge on any atom is -0.480 e. The number of aliphatic hydroxyl groups is 1. The van der Waals surface area contributed by atoms with E-state index >= 15 is 0 Å². The van der Waals surface area contributed by atoms with Gasteiger partial charge in [0.15, 0.2) is 0 Å². The molecule has 2 N–H and O–H groups in total. The molecule has 0 radical (unpaired) electrons. The summed E-state index contributed by atoms with van der Waals surface area (Å²) in [6.07, 6.45) is 2.04. The molecule has 0 saturated carbocycles. The van der Waals surface area contributed by atoms with E-state index in [1.807, 2.05) is 0 Å². The first kappa shape index (κ1) is 8.87. The van der Waals surface area contributed by atoms with Gasteiger partial charge >= 0.3 is 5.97 Å². The molecule has 0 aromatic heterocycles. The fourth-order valence-electron chi connectivity index (χ4n) is 1.35. The first-order chi connectivity index (χ1) is 5.21. The Bertz CT molecular complexity index is 152. The maximum atomic E-state index is 10.8. The molecule has 0 amide bonds. The Labute approximate surface area is 69.8 Å². The van der Waals surface area contributed by atoms with Gasteiger partial charge in [-0.15, -0.1) is 11.8 Å². The maximum absolute atomic E-state index is 10.8. The van der Waals surface area contributed by atoms with E-state index in [1.54, 1.807) is 0 Å². The number of thioether (sulfide) groups is 1. The predicted octanol–water partition coefficient (Wildman–Crippen LogP) is 0.719. The second-order valence-corrected chi connectivity index (χ2v) is 4.20. The Morgan fingerprint density at radius 2 is 2.36 bits per heavy atom. The molecule has 1 unspecified atom stereocenters. The van der Waals surface area contributed by atoms with Gasteiger partial charge in [0.05, 0.1) is 0 Å². The van der Waals surface area contributed by atoms with Gasteiger partial charge in [-0.3, -0.25) is 4.79 Å². The second-order valence-electron chi connectivity index (χ2n) is 2.73. The van der Waals surface area contributed by atoms with E-state index in [0.29, 0.717) is 12.8 Å². The lowest BCUT2D eigenvalue weighted by atomic mass is 10.00. The van der Waals surface area contributed by atoms with Crippen molar-refractivity contribution in [1.29, 1.82) is 0 Å². The number of carboxylic acid groups (broad SMARTS) is 1. The van der Waals surface area contributed by atoms with Gasteiger partial charge in [0.25, 0.3) is 0 Å². The van der Waals surface area contributed by atoms with Crippen molar-refractivity contribution in [2.45, 2.75) is 24.0 Å². The van der Waals surface area contributed by atoms with Crippen LogP contribution in [0.2, 0.25) is 0 Å². The molecule has 64 valence electrons. The minimum atomic E-state index is -0.769. The molecule has 1 saturated heterocycles. The maximum Gasteiger partial charge on any atom is 0.319 e. The SMILES string of the molecule is O=C(O)C1(CCO)CCCS1. The molecule has 0 aromatic rings. The molecule has 1 rings (SSSR count). The van der Waals surface area contributed by atoms with Crippen LogP contribution in [0.4, 0.5) is 0 Å². The Morgan fingerprint density at radius 3 is 2.73 bits per heavy atom. The van der Waals surface area contributed by atoms with Crippen molar-refractivity contribution in [3.05, 3.63) is 0 Å². The third-order valence-corrected chi connectivity index (χ3v) is 3.64. The summed E-state index contributed by atoms with van der Waals surface area (Å²) in [7, 11) is 0. The van der Waals surface area contributed by atoms with Gasteiger partial charge in [0.2, 0.25) is 0 Å². The Hall–Kier alpha value is -0.220. The molecule has 1 atom stereocenters. The molecular formula is C7H12O3S. The summed E-state index contributed by atoms with van der Waals surface area (Å²) < 4.78 is -0.672. The fraction of sp³-hybridized carbons (Fsp3) is 0.857. The molecule has 11 heavy (non-hydrogen) atoms. The van der Waals surface area contributed by atoms with Crippen LogP contribution in [0.25, 0.3) is 0 Å². The highest BCUT2D eigenvalue weighted by Crippen LogP contribution is 2.40. The zero-order chi connectivity index (χ0) is 8.32. The average molecular weight is 176 g/mol. The summed E-state index contributed by atoms with van der Waals surface area (Å²) >= 11 is 1.46. The van der Waals surface area contributed by atoms with E-state index < -0.39 is 10.7 Å². The lowest BCUT2D eigenvalue weighted by Crippen LogP contribution is -2.33. The largest absolute Gasteiger partial charge is 0.480 e. The third kappa shape index (κ3) is 1.68. The van der Waals surface area contributed by atoms with Crippen LogP contribution in [0.15, 0.2) is 0 Å². The number of hydrogen-bond acceptors (Lipinski definition) is 3. The monoisotopic (exact) mass is 176 g/mol. The molecule has 1 fully saturated rings. The van der Waals surface area contributed by atoms with Crippen LogP contribution in [0.1, 0.15) is 19.3 Å². The standard InChI is InChI=1S/C7H12O3S/c8-4-3-7(6(9)10)2-1-5-11-7/h8H,1-5H2,(H,9,10). The Balaban J connectivity index is 2.62. The van der Waals surface area contributed by atoms with Crippen LogP contribution in [0.5, 0.6) is 0 Å². The number of rotatable bonds is 3. The fourth-order valence-corrected chi connectivity index (χ4v) is 2.68. The van der Waals surface area contributed by atoms with Crippen molar-refractivity contribution in [3.63, 3.8) is 0 Å². The van der Waals surface area contributed by atoms with Gasteiger partial charge in [-0.2, -0.15) is 0 Å². The molecule has 1 heterocycles. The Morgan fingerprint density at radius 1 is 1.64 bits per heavy atom. The second kappa shape index (κ2) is 3.45. The highest BCUT2D eigenvalue weighted by Gasteiger charge is 2.41. The van der Waals surface area contributed by atoms with E-state index in [2.05, 4.69) is 0 Å². The van der Waals surface area contributed by atoms with Crippen molar-refractivity contribution >= 4 is 17.7 Å². The molecule has 1 aliphatic heterocycles. The smallest absolute Gasteiger partial charge is 0.319 e. The van der Waals surface area contributed by atoms with E-state index in [0.717, 1.165) is 12.2 Å². The summed E-state index contributed by atoms with van der Waals surface area (Å²) in [6, 6.07) is 0. The topological polar surface area (TPSA) is 57.5 Å². The van der Waals surface area contributed by atoms with Crippen molar-refractivity contribution in [1.82, 2.24) is 0 Å². The van der Waals surface area contributed by atoms with Gasteiger partial charge in [-0.25, -0.2) is 0 Å². The lowest BCUT2D eigenvalue weighted by molar-refractivity contribution is -0.140. The van der Waals surface area contributed by atoms with Crippen molar-refractivity contribution in [2.75, 3.05) is 12.4 Å². The number of carbonyl (C=O) groups is 1. The number of aliphatic hydroxyl groups excluding tert-OH is 1. The van der Waals surface area contributed by atoms with Crippen LogP contribution in [0, 0.1) is 0 Å². The summed E-state index contributed by atoms with van der Waals surface area (Å²) in [5.74, 6) is 0.140. The molecule has 0 aliphatic carbocycles. The number of carboxylic acids is 1. The number of hydrogen-bond donors (Lipinski definition) is 2. The van der Waals surface area contributed by atoms with Crippen LogP contribution < -0.4 is 0 Å². The Kier molecular flexibility index (Phi) is 2.78. The van der Waals surface area contributed by atoms with E-state index in [1.165, 1.54) is 11.8 Å². The molecule has 0 aromatic carbocycles. The van der Waals surface area contributed by atoms with Crippen molar-refractivity contribution < 1.29 is 15.0 Å². The van der Waals surface area contributed by atoms with Crippen LogP contribution in [-0.2, 0) is 4.79 Å². The van der Waals surface area contributed by atoms with Crippen molar-refractivity contribution in [2.24, 2.45) is 0 Å². The van der Waals surface area contributed by atoms with Crippen LogP contribution in [0.3, 0.4) is 0 Å². The van der Waals surface area contributed by atoms with Gasteiger partial charge in [0, 0.05) is 6.61 Å². The van der Waals surface area contributed by atoms with Gasteiger partial charge in [0.1, 0.15) is 4.75 Å². The zero-order valence-electron chi connectivity index (χ0n) is 6.25. The normalized spacial score (nSPS) is 30.6. The summed E-state index contributed by atoms with van der Waals surface area (Å²) in [5.41, 5.74) is 0. The quantitative estimate of drug-likeness (QED) is 0.665. The van der Waals surface area contributed by atoms with Crippen molar-refractivity contribution in [3.8, 4) is 0 Å². The summed E-state index contributed by atoms with van der Waals surface area (Å²) in [6.45, 7) is -0.0285. The van der Waals surface area contributed by atoms with Gasteiger partial charge in [-0.05, 0) is 25.0 Å². The highest BCUT2D eigenvalue weighted by molar-refractivity contribution is 8.01. The van der Waals surface area contributed by atoms with Gasteiger partial charge in [-0.1, -0.05) is 0 Å². The van der Waals surface area contributed by atoms with Crippen LogP contribution in [-0.4, -0.2) is 33.3 Å². The average Bonchev–Trinajstić information content (AvgIpc) is 2.38. The van der Waals surface area contributed by atoms with E-state index in [9.17, 15) is 4.79 Å². The summed E-state index contributed by atoms with van der Waals surface area (Å²) in [4.78, 5) is 10.8. The molecular weight excluding hydrogens is 164 g/mol. The highest BCUT2D eigenvalue weighted by atomic mass is 32.2. The predicted molar refractivity (Wildman–Crippen MR) is 43.8 cm³/mol. The third-order valence-electron chi connectivity index (χ3n) is 2.01. The minimum absolute atomic E-state index is 0.0285. The molecule has 0 spiro atoms. The van der Waals surface area contributed by atoms with Gasteiger partial charge < -0.3 is 10.2 Å². The van der Waals surface area contributed by atoms with E-state index in [4.69, 9.17) is 10.2 Å².